The van der Waals surface area contributed by atoms with Crippen LogP contribution in [0.2, 0.25) is 0 Å². The number of aliphatic hydroxyl groups is 1. The molecule has 4 heteroatoms. The lowest BCUT2D eigenvalue weighted by Crippen LogP contribution is -2.24. The van der Waals surface area contributed by atoms with Gasteiger partial charge in [0, 0.05) is 6.04 Å². The first-order valence-electron chi connectivity index (χ1n) is 4.80. The smallest absolute Gasteiger partial charge is 0.261 e. The van der Waals surface area contributed by atoms with Gasteiger partial charge < -0.3 is 10.4 Å². The molecular weight excluding hydrogens is 210 g/mol. The van der Waals surface area contributed by atoms with Gasteiger partial charge >= 0.3 is 0 Å². The normalized spacial score (nSPS) is 14.2. The molecule has 2 N–H and O–H groups in total. The van der Waals surface area contributed by atoms with E-state index in [4.69, 9.17) is 5.11 Å². The summed E-state index contributed by atoms with van der Waals surface area (Å²) in [4.78, 5) is 13.1. The zero-order chi connectivity index (χ0) is 10.7. The van der Waals surface area contributed by atoms with E-state index < -0.39 is 0 Å². The summed E-state index contributed by atoms with van der Waals surface area (Å²) in [6.07, 6.45) is 2.18. The highest BCUT2D eigenvalue weighted by Crippen LogP contribution is 2.21. The fraction of sp³-hybridized carbons (Fsp3) is 0.364. The molecule has 1 aromatic rings. The summed E-state index contributed by atoms with van der Waals surface area (Å²) in [7, 11) is 0. The molecule has 2 rings (SSSR count). The van der Waals surface area contributed by atoms with Crippen LogP contribution < -0.4 is 5.32 Å². The van der Waals surface area contributed by atoms with Gasteiger partial charge in [-0.25, -0.2) is 0 Å². The van der Waals surface area contributed by atoms with Crippen LogP contribution in [0, 0.1) is 11.8 Å². The van der Waals surface area contributed by atoms with E-state index in [1.165, 1.54) is 11.3 Å². The van der Waals surface area contributed by atoms with Crippen LogP contribution in [0.25, 0.3) is 0 Å². The van der Waals surface area contributed by atoms with E-state index in [1.807, 2.05) is 0 Å². The zero-order valence-corrected chi connectivity index (χ0v) is 8.93. The summed E-state index contributed by atoms with van der Waals surface area (Å²) in [5, 5.41) is 11.4. The van der Waals surface area contributed by atoms with Crippen LogP contribution in [-0.4, -0.2) is 23.7 Å². The van der Waals surface area contributed by atoms with Gasteiger partial charge in [-0.15, -0.1) is 11.3 Å². The molecule has 0 aromatic carbocycles. The Morgan fingerprint density at radius 1 is 1.60 bits per heavy atom. The Balaban J connectivity index is 2.01. The van der Waals surface area contributed by atoms with Crippen molar-refractivity contribution < 1.29 is 9.90 Å². The summed E-state index contributed by atoms with van der Waals surface area (Å²) in [6.45, 7) is -0.151. The van der Waals surface area contributed by atoms with E-state index in [0.29, 0.717) is 10.9 Å². The predicted octanol–water partition coefficient (Wildman–Crippen LogP) is 0.984. The Morgan fingerprint density at radius 3 is 3.07 bits per heavy atom. The highest BCUT2D eigenvalue weighted by atomic mass is 32.1. The molecular formula is C11H11NO2S. The van der Waals surface area contributed by atoms with Crippen LogP contribution >= 0.6 is 11.3 Å². The monoisotopic (exact) mass is 221 g/mol. The summed E-state index contributed by atoms with van der Waals surface area (Å²) >= 11 is 1.35. The molecule has 0 unspecified atom stereocenters. The largest absolute Gasteiger partial charge is 0.384 e. The number of thiophene rings is 1. The number of carbonyl (C=O) groups excluding carboxylic acids is 1. The van der Waals surface area contributed by atoms with Crippen molar-refractivity contribution >= 4 is 17.2 Å². The third kappa shape index (κ3) is 2.82. The average Bonchev–Trinajstić information content (AvgIpc) is 2.92. The van der Waals surface area contributed by atoms with Crippen LogP contribution in [0.5, 0.6) is 0 Å². The molecule has 3 nitrogen and oxygen atoms in total. The van der Waals surface area contributed by atoms with Crippen molar-refractivity contribution in [2.24, 2.45) is 0 Å². The maximum absolute atomic E-state index is 11.6. The molecule has 0 aliphatic heterocycles. The van der Waals surface area contributed by atoms with Gasteiger partial charge in [0.05, 0.1) is 9.75 Å². The maximum atomic E-state index is 11.6. The van der Waals surface area contributed by atoms with Gasteiger partial charge in [0.15, 0.2) is 0 Å². The average molecular weight is 221 g/mol. The number of nitrogens with one attached hydrogen (secondary N) is 1. The van der Waals surface area contributed by atoms with E-state index in [-0.39, 0.29) is 12.5 Å². The number of aliphatic hydroxyl groups excluding tert-OH is 1. The fourth-order valence-corrected chi connectivity index (χ4v) is 1.92. The SMILES string of the molecule is O=C(NC1CC1)c1ccc(C#CCO)s1. The second-order valence-electron chi connectivity index (χ2n) is 3.37. The zero-order valence-electron chi connectivity index (χ0n) is 8.12. The molecule has 1 fully saturated rings. The van der Waals surface area contributed by atoms with Gasteiger partial charge in [0.2, 0.25) is 0 Å². The summed E-state index contributed by atoms with van der Waals surface area (Å²) in [5.74, 6) is 5.32. The predicted molar refractivity (Wildman–Crippen MR) is 58.8 cm³/mol. The molecule has 0 atom stereocenters. The van der Waals surface area contributed by atoms with E-state index in [0.717, 1.165) is 17.7 Å². The number of hydrogen-bond acceptors (Lipinski definition) is 3. The van der Waals surface area contributed by atoms with E-state index in [2.05, 4.69) is 17.2 Å². The lowest BCUT2D eigenvalue weighted by Gasteiger charge is -1.98. The highest BCUT2D eigenvalue weighted by Gasteiger charge is 2.24. The van der Waals surface area contributed by atoms with E-state index in [9.17, 15) is 4.79 Å². The van der Waals surface area contributed by atoms with Crippen molar-refractivity contribution in [3.8, 4) is 11.8 Å². The minimum absolute atomic E-state index is 0.0143. The molecule has 1 amide bonds. The maximum Gasteiger partial charge on any atom is 0.261 e. The third-order valence-corrected chi connectivity index (χ3v) is 3.03. The second kappa shape index (κ2) is 4.47. The summed E-state index contributed by atoms with van der Waals surface area (Å²) < 4.78 is 0. The molecule has 1 aliphatic carbocycles. The number of amides is 1. The van der Waals surface area contributed by atoms with Gasteiger partial charge in [-0.05, 0) is 25.0 Å². The molecule has 0 spiro atoms. The lowest BCUT2D eigenvalue weighted by molar-refractivity contribution is 0.0955. The number of hydrogen-bond donors (Lipinski definition) is 2. The van der Waals surface area contributed by atoms with Gasteiger partial charge in [0.1, 0.15) is 6.61 Å². The van der Waals surface area contributed by atoms with Crippen LogP contribution in [0.1, 0.15) is 27.4 Å². The molecule has 0 radical (unpaired) electrons. The summed E-state index contributed by atoms with van der Waals surface area (Å²) in [6, 6.07) is 3.95. The standard InChI is InChI=1S/C11H11NO2S/c13-7-1-2-9-5-6-10(15-9)11(14)12-8-3-4-8/h5-6,8,13H,3-4,7H2,(H,12,14). The van der Waals surface area contributed by atoms with Gasteiger partial charge in [-0.3, -0.25) is 4.79 Å². The molecule has 0 bridgehead atoms. The van der Waals surface area contributed by atoms with Crippen molar-refractivity contribution in [1.29, 1.82) is 0 Å². The fourth-order valence-electron chi connectivity index (χ4n) is 1.14. The van der Waals surface area contributed by atoms with Crippen LogP contribution in [-0.2, 0) is 0 Å². The molecule has 1 aliphatic rings. The third-order valence-electron chi connectivity index (χ3n) is 2.03. The van der Waals surface area contributed by atoms with Gasteiger partial charge in [-0.2, -0.15) is 0 Å². The van der Waals surface area contributed by atoms with Crippen LogP contribution in [0.15, 0.2) is 12.1 Å². The molecule has 15 heavy (non-hydrogen) atoms. The minimum atomic E-state index is -0.151. The molecule has 1 saturated carbocycles. The minimum Gasteiger partial charge on any atom is -0.384 e. The Hall–Kier alpha value is -1.31. The van der Waals surface area contributed by atoms with Gasteiger partial charge in [-0.1, -0.05) is 11.8 Å². The van der Waals surface area contributed by atoms with E-state index in [1.54, 1.807) is 12.1 Å². The second-order valence-corrected chi connectivity index (χ2v) is 4.46. The number of rotatable bonds is 2. The Labute approximate surface area is 92.1 Å². The number of carbonyl (C=O) groups is 1. The van der Waals surface area contributed by atoms with Crippen molar-refractivity contribution in [3.63, 3.8) is 0 Å². The Bertz CT molecular complexity index is 423. The van der Waals surface area contributed by atoms with Gasteiger partial charge in [0.25, 0.3) is 5.91 Å². The van der Waals surface area contributed by atoms with Crippen LogP contribution in [0.3, 0.4) is 0 Å². The van der Waals surface area contributed by atoms with Crippen LogP contribution in [0.4, 0.5) is 0 Å². The molecule has 1 heterocycles. The topological polar surface area (TPSA) is 49.3 Å². The van der Waals surface area contributed by atoms with Crippen molar-refractivity contribution in [3.05, 3.63) is 21.9 Å². The summed E-state index contributed by atoms with van der Waals surface area (Å²) in [5.41, 5.74) is 0. The first-order valence-corrected chi connectivity index (χ1v) is 5.61. The van der Waals surface area contributed by atoms with Crippen molar-refractivity contribution in [2.45, 2.75) is 18.9 Å². The van der Waals surface area contributed by atoms with E-state index >= 15 is 0 Å². The van der Waals surface area contributed by atoms with Crippen molar-refractivity contribution in [2.75, 3.05) is 6.61 Å². The lowest BCUT2D eigenvalue weighted by atomic mass is 10.4. The molecule has 1 aromatic heterocycles. The highest BCUT2D eigenvalue weighted by molar-refractivity contribution is 7.14. The Morgan fingerprint density at radius 2 is 2.40 bits per heavy atom. The molecule has 78 valence electrons. The quantitative estimate of drug-likeness (QED) is 0.731. The first-order chi connectivity index (χ1) is 7.29. The molecule has 0 saturated heterocycles. The first kappa shape index (κ1) is 10.2. The van der Waals surface area contributed by atoms with Crippen molar-refractivity contribution in [1.82, 2.24) is 5.32 Å². The Kier molecular flexibility index (Phi) is 3.05.